The molecule has 0 aliphatic rings. The quantitative estimate of drug-likeness (QED) is 0.344. The summed E-state index contributed by atoms with van der Waals surface area (Å²) in [4.78, 5) is 0. The van der Waals surface area contributed by atoms with Crippen molar-refractivity contribution in [3.63, 3.8) is 0 Å². The molecule has 0 aliphatic carbocycles. The second-order valence-electron chi connectivity index (χ2n) is 5.40. The van der Waals surface area contributed by atoms with E-state index < -0.39 is 71.2 Å². The highest BCUT2D eigenvalue weighted by molar-refractivity contribution is 7.86. The van der Waals surface area contributed by atoms with Crippen LogP contribution >= 0.6 is 0 Å². The van der Waals surface area contributed by atoms with Crippen molar-refractivity contribution in [3.05, 3.63) is 0 Å². The standard InChI is InChI=1S/C10H7F15O5S/c11-3(1-2-5(12,13)14)4(6(15,16)17)29-9(22,23)7(18,8(19,20)21)30-10(24,25)31(26,27)28/h3-4H,1-2H2,(H,26,27,28). The summed E-state index contributed by atoms with van der Waals surface area (Å²) >= 11 is 0. The van der Waals surface area contributed by atoms with Gasteiger partial charge in [-0.1, -0.05) is 0 Å². The van der Waals surface area contributed by atoms with E-state index >= 15 is 0 Å². The Balaban J connectivity index is 6.24. The van der Waals surface area contributed by atoms with Crippen molar-refractivity contribution in [2.75, 3.05) is 0 Å². The molecule has 21 heteroatoms. The molecule has 0 rings (SSSR count). The average molecular weight is 524 g/mol. The van der Waals surface area contributed by atoms with Gasteiger partial charge in [0.25, 0.3) is 0 Å². The maximum absolute atomic E-state index is 13.7. The third-order valence-electron chi connectivity index (χ3n) is 2.93. The topological polar surface area (TPSA) is 72.8 Å². The van der Waals surface area contributed by atoms with E-state index in [1.807, 2.05) is 0 Å². The predicted octanol–water partition coefficient (Wildman–Crippen LogP) is 4.89. The zero-order valence-electron chi connectivity index (χ0n) is 13.7. The molecule has 3 unspecified atom stereocenters. The molecule has 3 atom stereocenters. The van der Waals surface area contributed by atoms with Crippen LogP contribution in [-0.4, -0.2) is 61.2 Å². The van der Waals surface area contributed by atoms with Gasteiger partial charge in [-0.25, -0.2) is 4.39 Å². The predicted molar refractivity (Wildman–Crippen MR) is 63.5 cm³/mol. The van der Waals surface area contributed by atoms with Gasteiger partial charge in [0.05, 0.1) is 0 Å². The molecule has 0 heterocycles. The maximum atomic E-state index is 13.7. The SMILES string of the molecule is O=S(=O)(O)C(F)(F)OC(F)(C(F)(F)F)C(F)(F)OC(C(F)CCC(F)(F)F)C(F)(F)F. The molecule has 0 radical (unpaired) electrons. The van der Waals surface area contributed by atoms with Crippen molar-refractivity contribution < 1.29 is 88.3 Å². The summed E-state index contributed by atoms with van der Waals surface area (Å²) in [6.45, 7) is 0. The van der Waals surface area contributed by atoms with Crippen LogP contribution in [0.4, 0.5) is 65.9 Å². The lowest BCUT2D eigenvalue weighted by Crippen LogP contribution is -2.64. The first-order valence-electron chi connectivity index (χ1n) is 6.82. The summed E-state index contributed by atoms with van der Waals surface area (Å²) in [7, 11) is -7.26. The third kappa shape index (κ3) is 7.41. The normalized spacial score (nSPS) is 19.1. The lowest BCUT2D eigenvalue weighted by molar-refractivity contribution is -0.501. The van der Waals surface area contributed by atoms with E-state index in [-0.39, 0.29) is 0 Å². The van der Waals surface area contributed by atoms with Gasteiger partial charge < -0.3 is 0 Å². The van der Waals surface area contributed by atoms with Crippen molar-refractivity contribution in [3.8, 4) is 0 Å². The highest BCUT2D eigenvalue weighted by Crippen LogP contribution is 2.51. The maximum Gasteiger partial charge on any atom is 0.491 e. The largest absolute Gasteiger partial charge is 0.491 e. The number of halogens is 15. The smallest absolute Gasteiger partial charge is 0.300 e. The average Bonchev–Trinajstić information content (AvgIpc) is 2.45. The molecule has 0 aromatic rings. The van der Waals surface area contributed by atoms with Crippen LogP contribution in [0.1, 0.15) is 12.8 Å². The van der Waals surface area contributed by atoms with Gasteiger partial charge in [0.2, 0.25) is 0 Å². The molecular weight excluding hydrogens is 517 g/mol. The Kier molecular flexibility index (Phi) is 8.27. The van der Waals surface area contributed by atoms with Gasteiger partial charge in [-0.3, -0.25) is 14.0 Å². The summed E-state index contributed by atoms with van der Waals surface area (Å²) in [6, 6.07) is 0. The molecule has 31 heavy (non-hydrogen) atoms. The van der Waals surface area contributed by atoms with Crippen molar-refractivity contribution in [2.24, 2.45) is 0 Å². The van der Waals surface area contributed by atoms with Gasteiger partial charge in [0, 0.05) is 6.42 Å². The van der Waals surface area contributed by atoms with Crippen molar-refractivity contribution in [1.29, 1.82) is 0 Å². The number of alkyl halides is 15. The summed E-state index contributed by atoms with van der Waals surface area (Å²) in [5.74, 6) is -7.49. The van der Waals surface area contributed by atoms with E-state index in [1.54, 1.807) is 4.74 Å². The monoisotopic (exact) mass is 524 g/mol. The van der Waals surface area contributed by atoms with Gasteiger partial charge in [-0.15, -0.1) is 0 Å². The van der Waals surface area contributed by atoms with E-state index in [9.17, 15) is 74.3 Å². The molecule has 188 valence electrons. The first-order chi connectivity index (χ1) is 13.2. The highest BCUT2D eigenvalue weighted by Gasteiger charge is 2.79. The van der Waals surface area contributed by atoms with E-state index in [2.05, 4.69) is 4.74 Å². The molecule has 0 bridgehead atoms. The second-order valence-corrected chi connectivity index (χ2v) is 6.83. The zero-order valence-corrected chi connectivity index (χ0v) is 14.5. The van der Waals surface area contributed by atoms with Crippen LogP contribution in [0.15, 0.2) is 0 Å². The first-order valence-corrected chi connectivity index (χ1v) is 8.26. The minimum atomic E-state index is -7.54. The Morgan fingerprint density at radius 3 is 1.52 bits per heavy atom. The van der Waals surface area contributed by atoms with E-state index in [0.717, 1.165) is 0 Å². The number of hydrogen-bond donors (Lipinski definition) is 1. The molecular formula is C10H7F15O5S. The van der Waals surface area contributed by atoms with Gasteiger partial charge in [0.1, 0.15) is 6.17 Å². The first kappa shape index (κ1) is 29.8. The van der Waals surface area contributed by atoms with Crippen LogP contribution in [-0.2, 0) is 19.6 Å². The highest BCUT2D eigenvalue weighted by atomic mass is 32.2. The minimum absolute atomic E-state index is 1.72. The summed E-state index contributed by atoms with van der Waals surface area (Å²) in [6.07, 6.45) is -40.9. The molecule has 1 N–H and O–H groups in total. The molecule has 0 aliphatic heterocycles. The fourth-order valence-electron chi connectivity index (χ4n) is 1.53. The van der Waals surface area contributed by atoms with Gasteiger partial charge in [-0.2, -0.15) is 69.9 Å². The molecule has 0 spiro atoms. The summed E-state index contributed by atoms with van der Waals surface area (Å²) < 4.78 is 224. The Bertz CT molecular complexity index is 711. The Hall–Kier alpha value is -1.22. The van der Waals surface area contributed by atoms with Crippen molar-refractivity contribution in [2.45, 2.75) is 61.1 Å². The molecule has 0 aromatic carbocycles. The number of hydrogen-bond acceptors (Lipinski definition) is 4. The van der Waals surface area contributed by atoms with Gasteiger partial charge in [-0.05, 0) is 6.42 Å². The lowest BCUT2D eigenvalue weighted by Gasteiger charge is -2.37. The minimum Gasteiger partial charge on any atom is -0.300 e. The molecule has 5 nitrogen and oxygen atoms in total. The van der Waals surface area contributed by atoms with Crippen LogP contribution in [0.25, 0.3) is 0 Å². The molecule has 0 saturated heterocycles. The molecule has 0 fully saturated rings. The molecule has 0 saturated carbocycles. The van der Waals surface area contributed by atoms with Crippen LogP contribution in [0, 0.1) is 0 Å². The zero-order chi connectivity index (χ0) is 25.5. The Morgan fingerprint density at radius 2 is 1.23 bits per heavy atom. The van der Waals surface area contributed by atoms with E-state index in [1.165, 1.54) is 0 Å². The van der Waals surface area contributed by atoms with Gasteiger partial charge >= 0.3 is 46.1 Å². The van der Waals surface area contributed by atoms with Crippen LogP contribution in [0.2, 0.25) is 0 Å². The number of rotatable bonds is 9. The molecule has 0 aromatic heterocycles. The van der Waals surface area contributed by atoms with E-state index in [4.69, 9.17) is 4.55 Å². The van der Waals surface area contributed by atoms with Crippen molar-refractivity contribution in [1.82, 2.24) is 0 Å². The van der Waals surface area contributed by atoms with Crippen molar-refractivity contribution >= 4 is 10.1 Å². The van der Waals surface area contributed by atoms with E-state index in [0.29, 0.717) is 0 Å². The van der Waals surface area contributed by atoms with Crippen LogP contribution in [0.5, 0.6) is 0 Å². The number of ether oxygens (including phenoxy) is 2. The van der Waals surface area contributed by atoms with Crippen LogP contribution < -0.4 is 0 Å². The lowest BCUT2D eigenvalue weighted by atomic mass is 10.1. The third-order valence-corrected chi connectivity index (χ3v) is 3.61. The summed E-state index contributed by atoms with van der Waals surface area (Å²) in [5.41, 5.74) is -6.87. The fourth-order valence-corrected chi connectivity index (χ4v) is 1.75. The Morgan fingerprint density at radius 1 is 0.806 bits per heavy atom. The molecule has 0 amide bonds. The summed E-state index contributed by atoms with van der Waals surface area (Å²) in [5, 5.41) is 0. The van der Waals surface area contributed by atoms with Crippen LogP contribution in [0.3, 0.4) is 0 Å². The fraction of sp³-hybridized carbons (Fsp3) is 1.00. The second kappa shape index (κ2) is 8.61. The Labute approximate surface area is 160 Å². The van der Waals surface area contributed by atoms with Gasteiger partial charge in [0.15, 0.2) is 6.10 Å².